The summed E-state index contributed by atoms with van der Waals surface area (Å²) in [5, 5.41) is 6.71. The van der Waals surface area contributed by atoms with Crippen molar-refractivity contribution in [1.82, 2.24) is 5.32 Å². The van der Waals surface area contributed by atoms with Gasteiger partial charge >= 0.3 is 5.97 Å². The Balaban J connectivity index is 2.17. The molecule has 21 heavy (non-hydrogen) atoms. The first kappa shape index (κ1) is 16.0. The molecule has 2 N–H and O–H groups in total. The Bertz CT molecular complexity index is 553. The average molecular weight is 310 g/mol. The van der Waals surface area contributed by atoms with Crippen molar-refractivity contribution in [3.63, 3.8) is 0 Å². The molecule has 2 rings (SSSR count). The fourth-order valence-corrected chi connectivity index (χ4v) is 3.62. The van der Waals surface area contributed by atoms with Crippen LogP contribution in [0.2, 0.25) is 0 Å². The molecule has 2 heterocycles. The maximum absolute atomic E-state index is 12.4. The lowest BCUT2D eigenvalue weighted by atomic mass is 9.94. The lowest BCUT2D eigenvalue weighted by Crippen LogP contribution is -2.45. The summed E-state index contributed by atoms with van der Waals surface area (Å²) in [6.07, 6.45) is 1.91. The van der Waals surface area contributed by atoms with Gasteiger partial charge in [0.15, 0.2) is 0 Å². The van der Waals surface area contributed by atoms with Crippen molar-refractivity contribution in [2.45, 2.75) is 39.7 Å². The number of esters is 1. The van der Waals surface area contributed by atoms with Crippen LogP contribution in [0.25, 0.3) is 0 Å². The van der Waals surface area contributed by atoms with Gasteiger partial charge in [-0.25, -0.2) is 4.79 Å². The first-order chi connectivity index (χ1) is 9.93. The highest BCUT2D eigenvalue weighted by atomic mass is 32.1. The van der Waals surface area contributed by atoms with E-state index >= 15 is 0 Å². The van der Waals surface area contributed by atoms with E-state index in [0.29, 0.717) is 16.5 Å². The molecule has 2 atom stereocenters. The van der Waals surface area contributed by atoms with Gasteiger partial charge < -0.3 is 15.4 Å². The Labute approximate surface area is 129 Å². The second kappa shape index (κ2) is 6.58. The topological polar surface area (TPSA) is 67.4 Å². The molecule has 0 radical (unpaired) electrons. The molecule has 0 saturated carbocycles. The lowest BCUT2D eigenvalue weighted by molar-refractivity contribution is -0.118. The van der Waals surface area contributed by atoms with Crippen LogP contribution >= 0.6 is 11.3 Å². The van der Waals surface area contributed by atoms with E-state index in [1.165, 1.54) is 18.4 Å². The number of aryl methyl sites for hydroxylation is 1. The van der Waals surface area contributed by atoms with E-state index in [1.54, 1.807) is 0 Å². The number of ether oxygens (including phenoxy) is 1. The Morgan fingerprint density at radius 2 is 2.10 bits per heavy atom. The van der Waals surface area contributed by atoms with E-state index in [0.717, 1.165) is 29.8 Å². The van der Waals surface area contributed by atoms with Crippen LogP contribution < -0.4 is 10.6 Å². The third-order valence-corrected chi connectivity index (χ3v) is 5.12. The molecule has 1 fully saturated rings. The quantitative estimate of drug-likeness (QED) is 0.842. The van der Waals surface area contributed by atoms with Crippen molar-refractivity contribution in [2.75, 3.05) is 19.0 Å². The van der Waals surface area contributed by atoms with Gasteiger partial charge in [-0.05, 0) is 44.7 Å². The van der Waals surface area contributed by atoms with E-state index < -0.39 is 5.97 Å². The highest BCUT2D eigenvalue weighted by molar-refractivity contribution is 7.16. The van der Waals surface area contributed by atoms with E-state index in [1.807, 2.05) is 13.8 Å². The minimum absolute atomic E-state index is 0.0760. The first-order valence-corrected chi connectivity index (χ1v) is 7.98. The predicted molar refractivity (Wildman–Crippen MR) is 84.0 cm³/mol. The van der Waals surface area contributed by atoms with E-state index in [-0.39, 0.29) is 11.9 Å². The van der Waals surface area contributed by atoms with Crippen molar-refractivity contribution in [3.8, 4) is 0 Å². The van der Waals surface area contributed by atoms with E-state index in [9.17, 15) is 9.59 Å². The van der Waals surface area contributed by atoms with Crippen LogP contribution in [0.4, 0.5) is 5.00 Å². The fourth-order valence-electron chi connectivity index (χ4n) is 2.57. The molecule has 0 bridgehead atoms. The molecule has 1 aliphatic rings. The number of amides is 1. The Morgan fingerprint density at radius 1 is 1.38 bits per heavy atom. The lowest BCUT2D eigenvalue weighted by Gasteiger charge is -2.27. The number of thiophene rings is 1. The molecule has 1 aromatic rings. The van der Waals surface area contributed by atoms with E-state index in [4.69, 9.17) is 4.74 Å². The maximum Gasteiger partial charge on any atom is 0.341 e. The molecule has 1 aromatic heterocycles. The summed E-state index contributed by atoms with van der Waals surface area (Å²) in [4.78, 5) is 25.3. The molecule has 0 aliphatic carbocycles. The van der Waals surface area contributed by atoms with Crippen molar-refractivity contribution < 1.29 is 14.3 Å². The standard InChI is InChI=1S/C15H22N2O3S/c1-8-5-6-16-11(7-8)13(18)17-14-12(15(19)20-4)9(2)10(3)21-14/h8,11,16H,5-7H2,1-4H3,(H,17,18). The SMILES string of the molecule is COC(=O)c1c(NC(=O)C2CC(C)CCN2)sc(C)c1C. The molecule has 1 aliphatic heterocycles. The number of hydrogen-bond acceptors (Lipinski definition) is 5. The van der Waals surface area contributed by atoms with Gasteiger partial charge in [-0.1, -0.05) is 6.92 Å². The summed E-state index contributed by atoms with van der Waals surface area (Å²) in [6.45, 7) is 6.81. The Hall–Kier alpha value is -1.40. The van der Waals surface area contributed by atoms with Crippen LogP contribution in [0, 0.1) is 19.8 Å². The van der Waals surface area contributed by atoms with Gasteiger partial charge in [-0.3, -0.25) is 4.79 Å². The van der Waals surface area contributed by atoms with Gasteiger partial charge in [0, 0.05) is 4.88 Å². The number of methoxy groups -OCH3 is 1. The molecule has 2 unspecified atom stereocenters. The molecule has 116 valence electrons. The highest BCUT2D eigenvalue weighted by Crippen LogP contribution is 2.33. The molecular weight excluding hydrogens is 288 g/mol. The second-order valence-corrected chi connectivity index (χ2v) is 6.83. The normalized spacial score (nSPS) is 21.9. The minimum atomic E-state index is -0.405. The van der Waals surface area contributed by atoms with Crippen LogP contribution in [0.3, 0.4) is 0 Å². The van der Waals surface area contributed by atoms with Crippen molar-refractivity contribution in [3.05, 3.63) is 16.0 Å². The van der Waals surface area contributed by atoms with Gasteiger partial charge in [-0.2, -0.15) is 0 Å². The van der Waals surface area contributed by atoms with E-state index in [2.05, 4.69) is 17.6 Å². The van der Waals surface area contributed by atoms with Crippen molar-refractivity contribution in [2.24, 2.45) is 5.92 Å². The summed E-state index contributed by atoms with van der Waals surface area (Å²) in [6, 6.07) is -0.193. The molecule has 1 amide bonds. The molecule has 1 saturated heterocycles. The zero-order chi connectivity index (χ0) is 15.6. The smallest absolute Gasteiger partial charge is 0.341 e. The summed E-state index contributed by atoms with van der Waals surface area (Å²) in [7, 11) is 1.35. The van der Waals surface area contributed by atoms with Crippen LogP contribution in [0.5, 0.6) is 0 Å². The minimum Gasteiger partial charge on any atom is -0.465 e. The van der Waals surface area contributed by atoms with Crippen LogP contribution in [0.1, 0.15) is 40.6 Å². The highest BCUT2D eigenvalue weighted by Gasteiger charge is 2.27. The number of carbonyl (C=O) groups excluding carboxylic acids is 2. The number of rotatable bonds is 3. The number of hydrogen-bond donors (Lipinski definition) is 2. The molecular formula is C15H22N2O3S. The monoisotopic (exact) mass is 310 g/mol. The largest absolute Gasteiger partial charge is 0.465 e. The molecule has 6 heteroatoms. The zero-order valence-corrected chi connectivity index (χ0v) is 13.7. The van der Waals surface area contributed by atoms with Gasteiger partial charge in [0.05, 0.1) is 18.7 Å². The third-order valence-electron chi connectivity index (χ3n) is 3.99. The maximum atomic E-state index is 12.4. The second-order valence-electron chi connectivity index (χ2n) is 5.60. The first-order valence-electron chi connectivity index (χ1n) is 7.16. The molecule has 0 spiro atoms. The van der Waals surface area contributed by atoms with Gasteiger partial charge in [-0.15, -0.1) is 11.3 Å². The van der Waals surface area contributed by atoms with Gasteiger partial charge in [0.25, 0.3) is 0 Å². The fraction of sp³-hybridized carbons (Fsp3) is 0.600. The predicted octanol–water partition coefficient (Wildman–Crippen LogP) is 2.48. The average Bonchev–Trinajstić information content (AvgIpc) is 2.73. The summed E-state index contributed by atoms with van der Waals surface area (Å²) in [5.74, 6) is 0.0546. The number of anilines is 1. The zero-order valence-electron chi connectivity index (χ0n) is 12.9. The van der Waals surface area contributed by atoms with Crippen LogP contribution in [0.15, 0.2) is 0 Å². The number of nitrogens with one attached hydrogen (secondary N) is 2. The number of carbonyl (C=O) groups is 2. The van der Waals surface area contributed by atoms with Crippen molar-refractivity contribution in [1.29, 1.82) is 0 Å². The van der Waals surface area contributed by atoms with Gasteiger partial charge in [0.1, 0.15) is 5.00 Å². The molecule has 5 nitrogen and oxygen atoms in total. The third kappa shape index (κ3) is 3.44. The van der Waals surface area contributed by atoms with Crippen LogP contribution in [-0.4, -0.2) is 31.6 Å². The molecule has 0 aromatic carbocycles. The van der Waals surface area contributed by atoms with Crippen LogP contribution in [-0.2, 0) is 9.53 Å². The van der Waals surface area contributed by atoms with Gasteiger partial charge in [0.2, 0.25) is 5.91 Å². The summed E-state index contributed by atoms with van der Waals surface area (Å²) in [5.41, 5.74) is 1.34. The van der Waals surface area contributed by atoms with Crippen molar-refractivity contribution >= 4 is 28.2 Å². The summed E-state index contributed by atoms with van der Waals surface area (Å²) >= 11 is 1.42. The Morgan fingerprint density at radius 3 is 2.71 bits per heavy atom. The number of piperidine rings is 1. The summed E-state index contributed by atoms with van der Waals surface area (Å²) < 4.78 is 4.82. The Kier molecular flexibility index (Phi) is 5.00.